The standard InChI is InChI=1S/C13H13N3O2/c1-9(13(17)18)8-12-15-7-5-11(16-12)10-4-2-3-6-14-10/h2-7,9H,8H2,1H3,(H,17,18). The normalized spacial score (nSPS) is 12.1. The van der Waals surface area contributed by atoms with Crippen LogP contribution in [0, 0.1) is 5.92 Å². The highest BCUT2D eigenvalue weighted by Crippen LogP contribution is 2.13. The second-order valence-electron chi connectivity index (χ2n) is 4.02. The summed E-state index contributed by atoms with van der Waals surface area (Å²) in [6, 6.07) is 7.33. The van der Waals surface area contributed by atoms with Gasteiger partial charge in [-0.15, -0.1) is 0 Å². The van der Waals surface area contributed by atoms with Crippen LogP contribution >= 0.6 is 0 Å². The van der Waals surface area contributed by atoms with Crippen LogP contribution in [-0.4, -0.2) is 26.0 Å². The maximum atomic E-state index is 10.8. The van der Waals surface area contributed by atoms with Crippen molar-refractivity contribution in [3.05, 3.63) is 42.5 Å². The van der Waals surface area contributed by atoms with Gasteiger partial charge in [0.1, 0.15) is 5.82 Å². The molecule has 1 unspecified atom stereocenters. The summed E-state index contributed by atoms with van der Waals surface area (Å²) < 4.78 is 0. The molecule has 2 aromatic heterocycles. The van der Waals surface area contributed by atoms with Crippen LogP contribution in [0.2, 0.25) is 0 Å². The van der Waals surface area contributed by atoms with Gasteiger partial charge in [0.15, 0.2) is 0 Å². The summed E-state index contributed by atoms with van der Waals surface area (Å²) in [6.45, 7) is 1.64. The number of hydrogen-bond acceptors (Lipinski definition) is 4. The third kappa shape index (κ3) is 2.88. The zero-order chi connectivity index (χ0) is 13.0. The molecule has 2 heterocycles. The predicted octanol–water partition coefficient (Wildman–Crippen LogP) is 1.80. The fourth-order valence-electron chi connectivity index (χ4n) is 1.52. The first-order chi connectivity index (χ1) is 8.66. The molecule has 1 atom stereocenters. The Kier molecular flexibility index (Phi) is 3.62. The zero-order valence-electron chi connectivity index (χ0n) is 9.95. The quantitative estimate of drug-likeness (QED) is 0.886. The van der Waals surface area contributed by atoms with Gasteiger partial charge < -0.3 is 5.11 Å². The lowest BCUT2D eigenvalue weighted by atomic mass is 10.1. The number of carboxylic acids is 1. The first-order valence-corrected chi connectivity index (χ1v) is 5.63. The maximum Gasteiger partial charge on any atom is 0.306 e. The number of carbonyl (C=O) groups is 1. The molecule has 1 N–H and O–H groups in total. The molecule has 0 spiro atoms. The van der Waals surface area contributed by atoms with E-state index in [1.54, 1.807) is 25.4 Å². The van der Waals surface area contributed by atoms with Crippen molar-refractivity contribution in [2.75, 3.05) is 0 Å². The minimum atomic E-state index is -0.846. The summed E-state index contributed by atoms with van der Waals surface area (Å²) in [4.78, 5) is 23.4. The molecule has 0 aliphatic carbocycles. The minimum Gasteiger partial charge on any atom is -0.481 e. The molecule has 0 bridgehead atoms. The van der Waals surface area contributed by atoms with Crippen molar-refractivity contribution in [2.24, 2.45) is 5.92 Å². The van der Waals surface area contributed by atoms with Crippen LogP contribution in [0.25, 0.3) is 11.4 Å². The highest BCUT2D eigenvalue weighted by molar-refractivity contribution is 5.69. The average molecular weight is 243 g/mol. The van der Waals surface area contributed by atoms with Crippen LogP contribution in [0.1, 0.15) is 12.7 Å². The molecule has 5 heteroatoms. The van der Waals surface area contributed by atoms with E-state index in [0.717, 1.165) is 5.69 Å². The van der Waals surface area contributed by atoms with Crippen molar-refractivity contribution in [1.82, 2.24) is 15.0 Å². The van der Waals surface area contributed by atoms with Gasteiger partial charge in [-0.25, -0.2) is 9.97 Å². The van der Waals surface area contributed by atoms with E-state index in [-0.39, 0.29) is 0 Å². The molecular formula is C13H13N3O2. The van der Waals surface area contributed by atoms with Crippen LogP contribution < -0.4 is 0 Å². The van der Waals surface area contributed by atoms with Gasteiger partial charge in [-0.2, -0.15) is 0 Å². The van der Waals surface area contributed by atoms with E-state index < -0.39 is 11.9 Å². The topological polar surface area (TPSA) is 76.0 Å². The number of nitrogens with zero attached hydrogens (tertiary/aromatic N) is 3. The van der Waals surface area contributed by atoms with Crippen LogP contribution in [0.4, 0.5) is 0 Å². The largest absolute Gasteiger partial charge is 0.481 e. The molecule has 0 amide bonds. The lowest BCUT2D eigenvalue weighted by molar-refractivity contribution is -0.141. The molecule has 0 aliphatic rings. The average Bonchev–Trinajstić information content (AvgIpc) is 2.40. The molecule has 0 saturated carbocycles. The van der Waals surface area contributed by atoms with Crippen LogP contribution in [0.15, 0.2) is 36.7 Å². The molecule has 0 aromatic carbocycles. The number of aromatic nitrogens is 3. The Bertz CT molecular complexity index is 543. The van der Waals surface area contributed by atoms with E-state index in [0.29, 0.717) is 17.9 Å². The van der Waals surface area contributed by atoms with E-state index in [1.807, 2.05) is 18.2 Å². The summed E-state index contributed by atoms with van der Waals surface area (Å²) in [5.41, 5.74) is 1.46. The molecule has 2 rings (SSSR count). The Morgan fingerprint density at radius 1 is 1.22 bits per heavy atom. The first kappa shape index (κ1) is 12.2. The third-order valence-corrected chi connectivity index (χ3v) is 2.54. The van der Waals surface area contributed by atoms with Crippen molar-refractivity contribution in [3.63, 3.8) is 0 Å². The lowest BCUT2D eigenvalue weighted by Gasteiger charge is -2.06. The predicted molar refractivity (Wildman–Crippen MR) is 65.8 cm³/mol. The van der Waals surface area contributed by atoms with Crippen molar-refractivity contribution in [2.45, 2.75) is 13.3 Å². The Labute approximate surface area is 105 Å². The Hall–Kier alpha value is -2.30. The second kappa shape index (κ2) is 5.35. The van der Waals surface area contributed by atoms with Gasteiger partial charge in [0, 0.05) is 18.8 Å². The number of carboxylic acid groups (broad SMARTS) is 1. The number of pyridine rings is 1. The Balaban J connectivity index is 2.23. The highest BCUT2D eigenvalue weighted by atomic mass is 16.4. The van der Waals surface area contributed by atoms with Gasteiger partial charge in [0.2, 0.25) is 0 Å². The van der Waals surface area contributed by atoms with Gasteiger partial charge in [-0.05, 0) is 18.2 Å². The fraction of sp³-hybridized carbons (Fsp3) is 0.231. The van der Waals surface area contributed by atoms with E-state index in [1.165, 1.54) is 0 Å². The third-order valence-electron chi connectivity index (χ3n) is 2.54. The molecule has 92 valence electrons. The zero-order valence-corrected chi connectivity index (χ0v) is 9.95. The number of hydrogen-bond donors (Lipinski definition) is 1. The Morgan fingerprint density at radius 3 is 2.72 bits per heavy atom. The van der Waals surface area contributed by atoms with Crippen molar-refractivity contribution < 1.29 is 9.90 Å². The summed E-state index contributed by atoms with van der Waals surface area (Å²) in [5, 5.41) is 8.86. The monoisotopic (exact) mass is 243 g/mol. The first-order valence-electron chi connectivity index (χ1n) is 5.63. The van der Waals surface area contributed by atoms with E-state index in [4.69, 9.17) is 5.11 Å². The van der Waals surface area contributed by atoms with Gasteiger partial charge in [-0.3, -0.25) is 9.78 Å². The smallest absolute Gasteiger partial charge is 0.306 e. The summed E-state index contributed by atoms with van der Waals surface area (Å²) in [7, 11) is 0. The van der Waals surface area contributed by atoms with E-state index >= 15 is 0 Å². The van der Waals surface area contributed by atoms with Gasteiger partial charge in [0.25, 0.3) is 0 Å². The highest BCUT2D eigenvalue weighted by Gasteiger charge is 2.13. The van der Waals surface area contributed by atoms with Crippen LogP contribution in [0.5, 0.6) is 0 Å². The van der Waals surface area contributed by atoms with Gasteiger partial charge >= 0.3 is 5.97 Å². The molecule has 18 heavy (non-hydrogen) atoms. The lowest BCUT2D eigenvalue weighted by Crippen LogP contribution is -2.14. The van der Waals surface area contributed by atoms with Crippen LogP contribution in [0.3, 0.4) is 0 Å². The van der Waals surface area contributed by atoms with Gasteiger partial charge in [-0.1, -0.05) is 13.0 Å². The molecule has 0 radical (unpaired) electrons. The number of rotatable bonds is 4. The molecule has 2 aromatic rings. The van der Waals surface area contributed by atoms with E-state index in [9.17, 15) is 4.79 Å². The SMILES string of the molecule is CC(Cc1nccc(-c2ccccn2)n1)C(=O)O. The summed E-state index contributed by atoms with van der Waals surface area (Å²) in [5.74, 6) is -0.820. The molecule has 0 saturated heterocycles. The second-order valence-corrected chi connectivity index (χ2v) is 4.02. The number of aliphatic carboxylic acids is 1. The summed E-state index contributed by atoms with van der Waals surface area (Å²) >= 11 is 0. The molecule has 0 fully saturated rings. The van der Waals surface area contributed by atoms with Crippen molar-refractivity contribution >= 4 is 5.97 Å². The summed E-state index contributed by atoms with van der Waals surface area (Å²) in [6.07, 6.45) is 3.63. The van der Waals surface area contributed by atoms with Crippen LogP contribution in [-0.2, 0) is 11.2 Å². The maximum absolute atomic E-state index is 10.8. The molecule has 5 nitrogen and oxygen atoms in total. The van der Waals surface area contributed by atoms with Crippen molar-refractivity contribution in [3.8, 4) is 11.4 Å². The van der Waals surface area contributed by atoms with Crippen molar-refractivity contribution in [1.29, 1.82) is 0 Å². The molecular weight excluding hydrogens is 230 g/mol. The van der Waals surface area contributed by atoms with E-state index in [2.05, 4.69) is 15.0 Å². The fourth-order valence-corrected chi connectivity index (χ4v) is 1.52. The van der Waals surface area contributed by atoms with Gasteiger partial charge in [0.05, 0.1) is 17.3 Å². The molecule has 0 aliphatic heterocycles. The Morgan fingerprint density at radius 2 is 2.06 bits per heavy atom. The minimum absolute atomic E-state index is 0.315.